The van der Waals surface area contributed by atoms with Crippen LogP contribution in [0.5, 0.6) is 5.75 Å². The first-order valence-corrected chi connectivity index (χ1v) is 8.16. The zero-order chi connectivity index (χ0) is 17.4. The second-order valence-corrected chi connectivity index (χ2v) is 6.04. The zero-order valence-electron chi connectivity index (χ0n) is 13.9. The van der Waals surface area contributed by atoms with Gasteiger partial charge in [-0.2, -0.15) is 0 Å². The van der Waals surface area contributed by atoms with Gasteiger partial charge in [0.15, 0.2) is 0 Å². The summed E-state index contributed by atoms with van der Waals surface area (Å²) in [6.07, 6.45) is 5.45. The van der Waals surface area contributed by atoms with Crippen LogP contribution in [0.3, 0.4) is 0 Å². The van der Waals surface area contributed by atoms with E-state index in [2.05, 4.69) is 4.98 Å². The van der Waals surface area contributed by atoms with Crippen molar-refractivity contribution in [3.63, 3.8) is 0 Å². The van der Waals surface area contributed by atoms with Crippen LogP contribution in [0.1, 0.15) is 22.5 Å². The van der Waals surface area contributed by atoms with Crippen molar-refractivity contribution >= 4 is 11.4 Å². The number of imidazole rings is 1. The van der Waals surface area contributed by atoms with E-state index in [1.807, 2.05) is 24.3 Å². The number of hydrogen-bond acceptors (Lipinski definition) is 4. The molecule has 7 heteroatoms. The van der Waals surface area contributed by atoms with Crippen LogP contribution in [0.15, 0.2) is 47.7 Å². The highest BCUT2D eigenvalue weighted by Gasteiger charge is 2.28. The molecule has 0 saturated heterocycles. The molecule has 0 saturated carbocycles. The average molecular weight is 338 g/mol. The van der Waals surface area contributed by atoms with E-state index in [1.54, 1.807) is 35.2 Å². The minimum Gasteiger partial charge on any atom is -0.497 e. The molecule has 1 amide bonds. The first-order chi connectivity index (χ1) is 12.2. The number of benzene rings is 1. The number of carbonyl (C=O) groups excluding carboxylic acids is 1. The SMILES string of the molecule is COc1ccc(CN2CCCn3c(c4cnccn4c3=O)C2=O)cc1. The van der Waals surface area contributed by atoms with Gasteiger partial charge in [0, 0.05) is 32.0 Å². The smallest absolute Gasteiger partial charge is 0.333 e. The Morgan fingerprint density at radius 3 is 2.72 bits per heavy atom. The van der Waals surface area contributed by atoms with Crippen LogP contribution in [0.4, 0.5) is 0 Å². The monoisotopic (exact) mass is 338 g/mol. The van der Waals surface area contributed by atoms with E-state index in [1.165, 1.54) is 4.40 Å². The molecule has 0 N–H and O–H groups in total. The number of hydrogen-bond donors (Lipinski definition) is 0. The summed E-state index contributed by atoms with van der Waals surface area (Å²) >= 11 is 0. The Bertz CT molecular complexity index is 988. The molecule has 0 atom stereocenters. The lowest BCUT2D eigenvalue weighted by Gasteiger charge is -2.20. The first kappa shape index (κ1) is 15.4. The Labute approximate surface area is 144 Å². The highest BCUT2D eigenvalue weighted by atomic mass is 16.5. The minimum absolute atomic E-state index is 0.138. The molecule has 25 heavy (non-hydrogen) atoms. The molecule has 0 radical (unpaired) electrons. The topological polar surface area (TPSA) is 68.8 Å². The number of ether oxygens (including phenoxy) is 1. The Kier molecular flexibility index (Phi) is 3.76. The molecule has 4 rings (SSSR count). The lowest BCUT2D eigenvalue weighted by molar-refractivity contribution is 0.0747. The van der Waals surface area contributed by atoms with E-state index in [0.29, 0.717) is 30.8 Å². The summed E-state index contributed by atoms with van der Waals surface area (Å²) in [4.78, 5) is 31.5. The van der Waals surface area contributed by atoms with Gasteiger partial charge >= 0.3 is 5.69 Å². The number of amides is 1. The standard InChI is InChI=1S/C18H18N4O3/c1-25-14-5-3-13(4-6-14)12-20-8-2-9-22-16(17(20)23)15-11-19-7-10-21(15)18(22)24/h3-7,10-11H,2,8-9,12H2,1H3. The molecule has 0 bridgehead atoms. The Morgan fingerprint density at radius 2 is 1.96 bits per heavy atom. The van der Waals surface area contributed by atoms with Crippen molar-refractivity contribution in [2.45, 2.75) is 19.5 Å². The van der Waals surface area contributed by atoms with Gasteiger partial charge in [-0.25, -0.2) is 4.79 Å². The first-order valence-electron chi connectivity index (χ1n) is 8.16. The number of carbonyl (C=O) groups is 1. The molecule has 128 valence electrons. The lowest BCUT2D eigenvalue weighted by atomic mass is 10.2. The third-order valence-corrected chi connectivity index (χ3v) is 4.54. The maximum absolute atomic E-state index is 13.1. The van der Waals surface area contributed by atoms with Crippen molar-refractivity contribution in [2.24, 2.45) is 0 Å². The van der Waals surface area contributed by atoms with Gasteiger partial charge in [0.25, 0.3) is 5.91 Å². The largest absolute Gasteiger partial charge is 0.497 e. The molecule has 1 aliphatic rings. The maximum atomic E-state index is 13.1. The molecule has 2 aromatic heterocycles. The molecule has 0 aliphatic carbocycles. The lowest BCUT2D eigenvalue weighted by Crippen LogP contribution is -2.31. The summed E-state index contributed by atoms with van der Waals surface area (Å²) in [6.45, 7) is 1.63. The molecule has 7 nitrogen and oxygen atoms in total. The summed E-state index contributed by atoms with van der Waals surface area (Å²) in [5, 5.41) is 0. The van der Waals surface area contributed by atoms with Crippen LogP contribution < -0.4 is 10.4 Å². The molecule has 3 heterocycles. The fourth-order valence-corrected chi connectivity index (χ4v) is 3.27. The van der Waals surface area contributed by atoms with Crippen LogP contribution in [0.25, 0.3) is 5.52 Å². The van der Waals surface area contributed by atoms with Gasteiger partial charge in [0.1, 0.15) is 11.4 Å². The quantitative estimate of drug-likeness (QED) is 0.727. The third-order valence-electron chi connectivity index (χ3n) is 4.54. The number of rotatable bonds is 3. The van der Waals surface area contributed by atoms with Gasteiger partial charge < -0.3 is 9.64 Å². The summed E-state index contributed by atoms with van der Waals surface area (Å²) in [5.74, 6) is 0.644. The third kappa shape index (κ3) is 2.57. The average Bonchev–Trinajstić information content (AvgIpc) is 2.82. The minimum atomic E-state index is -0.188. The van der Waals surface area contributed by atoms with Crippen LogP contribution in [0.2, 0.25) is 0 Å². The molecule has 0 unspecified atom stereocenters. The normalized spacial score (nSPS) is 14.4. The van der Waals surface area contributed by atoms with E-state index in [9.17, 15) is 9.59 Å². The Hall–Kier alpha value is -3.09. The summed E-state index contributed by atoms with van der Waals surface area (Å²) in [5.41, 5.74) is 1.81. The highest BCUT2D eigenvalue weighted by molar-refractivity contribution is 5.99. The van der Waals surface area contributed by atoms with Crippen LogP contribution in [0, 0.1) is 0 Å². The number of fused-ring (bicyclic) bond motifs is 3. The molecule has 0 fully saturated rings. The van der Waals surface area contributed by atoms with E-state index >= 15 is 0 Å². The van der Waals surface area contributed by atoms with Crippen LogP contribution in [-0.2, 0) is 13.1 Å². The summed E-state index contributed by atoms with van der Waals surface area (Å²) < 4.78 is 8.22. The molecule has 3 aromatic rings. The fraction of sp³-hybridized carbons (Fsp3) is 0.278. The van der Waals surface area contributed by atoms with Gasteiger partial charge in [0.2, 0.25) is 0 Å². The fourth-order valence-electron chi connectivity index (χ4n) is 3.27. The van der Waals surface area contributed by atoms with Gasteiger partial charge in [-0.1, -0.05) is 12.1 Å². The summed E-state index contributed by atoms with van der Waals surface area (Å²) in [7, 11) is 1.62. The van der Waals surface area contributed by atoms with Crippen molar-refractivity contribution in [1.82, 2.24) is 18.9 Å². The van der Waals surface area contributed by atoms with Crippen LogP contribution >= 0.6 is 0 Å². The zero-order valence-corrected chi connectivity index (χ0v) is 13.9. The maximum Gasteiger partial charge on any atom is 0.333 e. The van der Waals surface area contributed by atoms with Crippen molar-refractivity contribution in [2.75, 3.05) is 13.7 Å². The van der Waals surface area contributed by atoms with E-state index in [4.69, 9.17) is 4.74 Å². The van der Waals surface area contributed by atoms with E-state index in [0.717, 1.165) is 17.7 Å². The predicted octanol–water partition coefficient (Wildman–Crippen LogP) is 1.55. The van der Waals surface area contributed by atoms with Gasteiger partial charge in [-0.15, -0.1) is 0 Å². The van der Waals surface area contributed by atoms with Gasteiger partial charge in [0.05, 0.1) is 18.8 Å². The molecule has 1 aromatic carbocycles. The Morgan fingerprint density at radius 1 is 1.16 bits per heavy atom. The molecule has 0 spiro atoms. The van der Waals surface area contributed by atoms with Crippen molar-refractivity contribution in [3.8, 4) is 5.75 Å². The Balaban J connectivity index is 1.71. The summed E-state index contributed by atoms with van der Waals surface area (Å²) in [6, 6.07) is 7.66. The number of nitrogens with zero attached hydrogens (tertiary/aromatic N) is 4. The number of aromatic nitrogens is 3. The van der Waals surface area contributed by atoms with Crippen molar-refractivity contribution in [3.05, 3.63) is 64.6 Å². The van der Waals surface area contributed by atoms with Gasteiger partial charge in [-0.3, -0.25) is 18.7 Å². The molecular weight excluding hydrogens is 320 g/mol. The van der Waals surface area contributed by atoms with Crippen molar-refractivity contribution < 1.29 is 9.53 Å². The molecule has 1 aliphatic heterocycles. The van der Waals surface area contributed by atoms with E-state index in [-0.39, 0.29) is 11.6 Å². The number of methoxy groups -OCH3 is 1. The second-order valence-electron chi connectivity index (χ2n) is 6.04. The predicted molar refractivity (Wildman–Crippen MR) is 91.8 cm³/mol. The van der Waals surface area contributed by atoms with Crippen LogP contribution in [-0.4, -0.2) is 38.4 Å². The van der Waals surface area contributed by atoms with Crippen molar-refractivity contribution in [1.29, 1.82) is 0 Å². The van der Waals surface area contributed by atoms with E-state index < -0.39 is 0 Å². The molecular formula is C18H18N4O3. The highest BCUT2D eigenvalue weighted by Crippen LogP contribution is 2.19. The van der Waals surface area contributed by atoms with Gasteiger partial charge in [-0.05, 0) is 24.1 Å². The second kappa shape index (κ2) is 6.08.